The Kier molecular flexibility index (Phi) is 32.2. The molecular formula is C50H75N13O22. The van der Waals surface area contributed by atoms with Crippen LogP contribution >= 0.6 is 0 Å². The number of aliphatic hydroxyl groups is 4. The first-order valence-electron chi connectivity index (χ1n) is 25.9. The number of aromatic amines is 1. The molecule has 85 heavy (non-hydrogen) atoms. The van der Waals surface area contributed by atoms with E-state index in [1.807, 2.05) is 10.6 Å². The Balaban J connectivity index is 0.00000873. The Bertz CT molecular complexity index is 2620. The van der Waals surface area contributed by atoms with Crippen molar-refractivity contribution in [1.82, 2.24) is 63.1 Å². The fourth-order valence-corrected chi connectivity index (χ4v) is 7.19. The van der Waals surface area contributed by atoms with Crippen molar-refractivity contribution in [3.8, 4) is 0 Å². The maximum Gasteiger partial charge on any atom is 0.328 e. The lowest BCUT2D eigenvalue weighted by Crippen LogP contribution is -2.63. The van der Waals surface area contributed by atoms with Crippen molar-refractivity contribution >= 4 is 82.9 Å². The summed E-state index contributed by atoms with van der Waals surface area (Å²) >= 11 is 0. The van der Waals surface area contributed by atoms with Gasteiger partial charge in [0.25, 0.3) is 5.97 Å². The summed E-state index contributed by atoms with van der Waals surface area (Å²) in [5, 5.41) is 98.1. The second kappa shape index (κ2) is 37.1. The molecule has 0 radical (unpaired) electrons. The molecule has 35 nitrogen and oxygen atoms in total. The van der Waals surface area contributed by atoms with E-state index in [4.69, 9.17) is 15.6 Å². The summed E-state index contributed by atoms with van der Waals surface area (Å²) in [5.74, 6) is -17.6. The number of rotatable bonds is 35. The van der Waals surface area contributed by atoms with Crippen LogP contribution in [0.4, 0.5) is 0 Å². The number of nitrogens with zero attached hydrogens (tertiary/aromatic N) is 1. The summed E-state index contributed by atoms with van der Waals surface area (Å²) in [4.78, 5) is 183. The number of aliphatic carboxylic acids is 4. The highest BCUT2D eigenvalue weighted by molar-refractivity contribution is 5.99. The maximum atomic E-state index is 14.0. The molecule has 0 saturated carbocycles. The molecule has 1 heterocycles. The van der Waals surface area contributed by atoms with Crippen molar-refractivity contribution in [1.29, 1.82) is 0 Å². The SMILES string of the molecule is CC(=O)O.CC(C)[C@H](NC(=O)[C@H](CC(=O)O)NC(=O)[C@H](CO)NC(=O)[C@@H](NC(=O)[C@H](Cc1ccccc1)NC(=O)[C@@H](NC(=O)CNC(=O)[C@H](CCC(=O)O)NC(=O)[C@H](C)NC(=O)[C@@H](N)Cc1cnc[nH]1)[C@@H](C)O)[C@@H](C)O)C(=O)N[C@@H](CO)C(=O)O. The third kappa shape index (κ3) is 27.6. The first-order valence-corrected chi connectivity index (χ1v) is 25.9. The van der Waals surface area contributed by atoms with Crippen LogP contribution in [0.3, 0.4) is 0 Å². The van der Waals surface area contributed by atoms with E-state index in [1.165, 1.54) is 45.4 Å². The average molecular weight is 1210 g/mol. The number of H-pyrrole nitrogens is 1. The number of imidazole rings is 1. The molecule has 0 aliphatic rings. The van der Waals surface area contributed by atoms with Crippen LogP contribution < -0.4 is 58.9 Å². The van der Waals surface area contributed by atoms with Gasteiger partial charge >= 0.3 is 17.9 Å². The van der Waals surface area contributed by atoms with Gasteiger partial charge in [0, 0.05) is 38.1 Å². The number of hydrogen-bond donors (Lipinski definition) is 20. The zero-order chi connectivity index (χ0) is 64.8. The zero-order valence-corrected chi connectivity index (χ0v) is 47.0. The molecule has 35 heteroatoms. The Labute approximate surface area is 484 Å². The van der Waals surface area contributed by atoms with E-state index in [0.717, 1.165) is 20.8 Å². The summed E-state index contributed by atoms with van der Waals surface area (Å²) in [6.45, 7) is 4.12. The molecule has 2 rings (SSSR count). The quantitative estimate of drug-likeness (QED) is 0.0305. The van der Waals surface area contributed by atoms with Crippen LogP contribution in [-0.4, -0.2) is 226 Å². The third-order valence-electron chi connectivity index (χ3n) is 11.7. The Morgan fingerprint density at radius 3 is 1.52 bits per heavy atom. The standard InChI is InChI=1S/C48H71N13O20.C2H4O2/c1-21(2)36(45(77)58-32(19-63)48(80)81)60-43(75)30(15-35(69)70)55-44(76)31(18-62)57-47(79)38(24(5)65)61-42(74)29(13-25-9-7-6-8-10-25)56-46(78)37(23(4)64)59-33(66)17-51-41(73)28(11-12-34(67)68)54-39(71)22(3)53-40(72)27(49)14-26-16-50-20-52-26;1-2(3)4/h6-10,16,20-24,27-32,36-38,62-65H,11-15,17-19,49H2,1-5H3,(H,50,52)(H,51,73)(H,53,72)(H,54,71)(H,55,76)(H,56,78)(H,57,79)(H,58,77)(H,59,66)(H,60,75)(H,61,74)(H,67,68)(H,69,70)(H,80,81);1H3,(H,3,4)/t22-,23+,24+,27-,28-,29-,30-,31-,32-,36-,37-,38-;/m0./s1. The first-order chi connectivity index (χ1) is 39.7. The maximum absolute atomic E-state index is 14.0. The molecule has 0 aliphatic heterocycles. The van der Waals surface area contributed by atoms with Crippen molar-refractivity contribution < 1.29 is 108 Å². The number of carboxylic acids is 4. The molecule has 472 valence electrons. The average Bonchev–Trinajstić information content (AvgIpc) is 4.11. The fraction of sp³-hybridized carbons (Fsp3) is 0.540. The van der Waals surface area contributed by atoms with Crippen LogP contribution in [0.1, 0.15) is 72.1 Å². The van der Waals surface area contributed by atoms with Gasteiger partial charge in [-0.1, -0.05) is 44.2 Å². The number of nitrogens with two attached hydrogens (primary N) is 1. The minimum absolute atomic E-state index is 0.0367. The molecule has 12 atom stereocenters. The number of carbonyl (C=O) groups excluding carboxylic acids is 10. The van der Waals surface area contributed by atoms with Crippen LogP contribution in [0.15, 0.2) is 42.9 Å². The van der Waals surface area contributed by atoms with E-state index in [0.29, 0.717) is 11.3 Å². The number of aromatic nitrogens is 2. The van der Waals surface area contributed by atoms with Crippen molar-refractivity contribution in [3.63, 3.8) is 0 Å². The number of nitrogens with one attached hydrogen (secondary N) is 11. The van der Waals surface area contributed by atoms with Crippen LogP contribution in [0, 0.1) is 5.92 Å². The number of amides is 10. The summed E-state index contributed by atoms with van der Waals surface area (Å²) in [5.41, 5.74) is 6.85. The van der Waals surface area contributed by atoms with Gasteiger partial charge in [-0.3, -0.25) is 62.3 Å². The number of aliphatic hydroxyl groups excluding tert-OH is 4. The van der Waals surface area contributed by atoms with E-state index in [-0.39, 0.29) is 12.8 Å². The van der Waals surface area contributed by atoms with Crippen LogP contribution in [0.5, 0.6) is 0 Å². The smallest absolute Gasteiger partial charge is 0.328 e. The topological polar surface area (TPSA) is 576 Å². The van der Waals surface area contributed by atoms with E-state index in [1.54, 1.807) is 18.2 Å². The van der Waals surface area contributed by atoms with E-state index >= 15 is 0 Å². The molecule has 0 aliphatic carbocycles. The molecule has 21 N–H and O–H groups in total. The minimum Gasteiger partial charge on any atom is -0.481 e. The minimum atomic E-state index is -2.02. The normalized spacial score (nSPS) is 15.1. The highest BCUT2D eigenvalue weighted by Crippen LogP contribution is 2.09. The Morgan fingerprint density at radius 2 is 1.02 bits per heavy atom. The molecule has 0 saturated heterocycles. The number of hydrogen-bond acceptors (Lipinski definition) is 20. The lowest BCUT2D eigenvalue weighted by molar-refractivity contribution is -0.144. The lowest BCUT2D eigenvalue weighted by Gasteiger charge is -2.28. The third-order valence-corrected chi connectivity index (χ3v) is 11.7. The largest absolute Gasteiger partial charge is 0.481 e. The molecule has 1 aromatic carbocycles. The highest BCUT2D eigenvalue weighted by Gasteiger charge is 2.37. The molecule has 0 spiro atoms. The van der Waals surface area contributed by atoms with Crippen LogP contribution in [0.25, 0.3) is 0 Å². The lowest BCUT2D eigenvalue weighted by atomic mass is 10.0. The van der Waals surface area contributed by atoms with Gasteiger partial charge in [0.1, 0.15) is 54.4 Å². The number of carbonyl (C=O) groups is 14. The van der Waals surface area contributed by atoms with Gasteiger partial charge in [0.05, 0.1) is 50.8 Å². The Hall–Kier alpha value is -9.19. The summed E-state index contributed by atoms with van der Waals surface area (Å²) < 4.78 is 0. The van der Waals surface area contributed by atoms with Gasteiger partial charge in [-0.05, 0) is 38.7 Å². The van der Waals surface area contributed by atoms with Gasteiger partial charge in [-0.25, -0.2) is 9.78 Å². The van der Waals surface area contributed by atoms with E-state index in [2.05, 4.69) is 52.5 Å². The van der Waals surface area contributed by atoms with Gasteiger partial charge in [0.2, 0.25) is 59.1 Å². The predicted molar refractivity (Wildman–Crippen MR) is 289 cm³/mol. The second-order valence-corrected chi connectivity index (χ2v) is 19.3. The van der Waals surface area contributed by atoms with Crippen molar-refractivity contribution in [2.24, 2.45) is 11.7 Å². The van der Waals surface area contributed by atoms with Crippen molar-refractivity contribution in [3.05, 3.63) is 54.1 Å². The van der Waals surface area contributed by atoms with Gasteiger partial charge in [0.15, 0.2) is 0 Å². The van der Waals surface area contributed by atoms with Crippen LogP contribution in [0.2, 0.25) is 0 Å². The molecule has 0 bridgehead atoms. The van der Waals surface area contributed by atoms with Gasteiger partial charge in [-0.15, -0.1) is 0 Å². The highest BCUT2D eigenvalue weighted by atomic mass is 16.4. The predicted octanol–water partition coefficient (Wildman–Crippen LogP) is -8.06. The summed E-state index contributed by atoms with van der Waals surface area (Å²) in [6, 6.07) is -9.04. The van der Waals surface area contributed by atoms with E-state index in [9.17, 15) is 98.1 Å². The van der Waals surface area contributed by atoms with E-state index < -0.39 is 201 Å². The fourth-order valence-electron chi connectivity index (χ4n) is 7.19. The molecular weight excluding hydrogens is 1130 g/mol. The van der Waals surface area contributed by atoms with Gasteiger partial charge in [-0.2, -0.15) is 0 Å². The van der Waals surface area contributed by atoms with Crippen molar-refractivity contribution in [2.45, 2.75) is 146 Å². The van der Waals surface area contributed by atoms with Crippen molar-refractivity contribution in [2.75, 3.05) is 19.8 Å². The molecule has 0 fully saturated rings. The first kappa shape index (κ1) is 73.8. The number of carboxylic acid groups (broad SMARTS) is 4. The summed E-state index contributed by atoms with van der Waals surface area (Å²) in [6.07, 6.45) is -3.26. The van der Waals surface area contributed by atoms with Gasteiger partial charge < -0.3 is 105 Å². The van der Waals surface area contributed by atoms with Crippen LogP contribution in [-0.2, 0) is 80.0 Å². The molecule has 1 aromatic heterocycles. The second-order valence-electron chi connectivity index (χ2n) is 19.3. The molecule has 0 unspecified atom stereocenters. The number of benzene rings is 1. The summed E-state index contributed by atoms with van der Waals surface area (Å²) in [7, 11) is 0. The monoisotopic (exact) mass is 1210 g/mol. The Morgan fingerprint density at radius 1 is 0.541 bits per heavy atom. The molecule has 2 aromatic rings. The zero-order valence-electron chi connectivity index (χ0n) is 47.0. The molecule has 10 amide bonds.